The standard InChI is InChI=1S/C13H18BrClN2O2S/c1-16(2)9-10-4-3-7-17(10)20(18,19)11-5-6-13(15)12(14)8-11/h5-6,8,10H,3-4,7,9H2,1-2H3. The van der Waals surface area contributed by atoms with E-state index in [0.717, 1.165) is 19.4 Å². The minimum absolute atomic E-state index is 0.0458. The Morgan fingerprint density at radius 2 is 2.15 bits per heavy atom. The summed E-state index contributed by atoms with van der Waals surface area (Å²) < 4.78 is 27.7. The third-order valence-corrected chi connectivity index (χ3v) is 6.56. The van der Waals surface area contributed by atoms with Gasteiger partial charge in [0.15, 0.2) is 0 Å². The Labute approximate surface area is 133 Å². The van der Waals surface area contributed by atoms with Gasteiger partial charge in [-0.1, -0.05) is 11.6 Å². The Bertz CT molecular complexity index is 592. The van der Waals surface area contributed by atoms with Crippen LogP contribution in [0.3, 0.4) is 0 Å². The van der Waals surface area contributed by atoms with Gasteiger partial charge in [0, 0.05) is 23.6 Å². The van der Waals surface area contributed by atoms with Gasteiger partial charge in [-0.05, 0) is 61.1 Å². The van der Waals surface area contributed by atoms with Gasteiger partial charge in [-0.2, -0.15) is 4.31 Å². The fourth-order valence-corrected chi connectivity index (χ4v) is 4.86. The quantitative estimate of drug-likeness (QED) is 0.805. The van der Waals surface area contributed by atoms with Crippen LogP contribution in [0.2, 0.25) is 5.02 Å². The van der Waals surface area contributed by atoms with Gasteiger partial charge in [0.25, 0.3) is 0 Å². The molecule has 0 radical (unpaired) electrons. The van der Waals surface area contributed by atoms with Gasteiger partial charge in [-0.3, -0.25) is 0 Å². The molecule has 1 aromatic rings. The molecule has 0 spiro atoms. The van der Waals surface area contributed by atoms with Crippen LogP contribution < -0.4 is 0 Å². The topological polar surface area (TPSA) is 40.6 Å². The molecule has 1 unspecified atom stereocenters. The highest BCUT2D eigenvalue weighted by Crippen LogP contribution is 2.30. The lowest BCUT2D eigenvalue weighted by Gasteiger charge is -2.26. The van der Waals surface area contributed by atoms with Gasteiger partial charge >= 0.3 is 0 Å². The van der Waals surface area contributed by atoms with Gasteiger partial charge in [0.05, 0.1) is 9.92 Å². The summed E-state index contributed by atoms with van der Waals surface area (Å²) >= 11 is 9.21. The molecule has 0 aliphatic carbocycles. The van der Waals surface area contributed by atoms with E-state index < -0.39 is 10.0 Å². The molecule has 0 N–H and O–H groups in total. The molecule has 0 saturated carbocycles. The molecule has 7 heteroatoms. The summed E-state index contributed by atoms with van der Waals surface area (Å²) in [6, 6.07) is 4.79. The van der Waals surface area contributed by atoms with E-state index >= 15 is 0 Å². The maximum absolute atomic E-state index is 12.7. The van der Waals surface area contributed by atoms with E-state index in [4.69, 9.17) is 11.6 Å². The second-order valence-corrected chi connectivity index (χ2v) is 8.40. The molecule has 1 saturated heterocycles. The number of likely N-dealkylation sites (N-methyl/N-ethyl adjacent to an activating group) is 1. The van der Waals surface area contributed by atoms with Gasteiger partial charge in [-0.15, -0.1) is 0 Å². The Kier molecular flexibility index (Phi) is 5.13. The maximum atomic E-state index is 12.7. The predicted molar refractivity (Wildman–Crippen MR) is 84.6 cm³/mol. The molecule has 1 fully saturated rings. The van der Waals surface area contributed by atoms with E-state index in [1.807, 2.05) is 19.0 Å². The van der Waals surface area contributed by atoms with Crippen LogP contribution in [-0.4, -0.2) is 50.8 Å². The van der Waals surface area contributed by atoms with Crippen molar-refractivity contribution >= 4 is 37.6 Å². The van der Waals surface area contributed by atoms with Crippen molar-refractivity contribution in [2.45, 2.75) is 23.8 Å². The zero-order chi connectivity index (χ0) is 14.9. The van der Waals surface area contributed by atoms with Crippen molar-refractivity contribution in [1.82, 2.24) is 9.21 Å². The first-order valence-corrected chi connectivity index (χ1v) is 9.05. The lowest BCUT2D eigenvalue weighted by Crippen LogP contribution is -2.41. The van der Waals surface area contributed by atoms with Crippen LogP contribution in [0.5, 0.6) is 0 Å². The van der Waals surface area contributed by atoms with Crippen LogP contribution in [-0.2, 0) is 10.0 Å². The summed E-state index contributed by atoms with van der Waals surface area (Å²) in [6.45, 7) is 1.33. The summed E-state index contributed by atoms with van der Waals surface area (Å²) in [5, 5.41) is 0.509. The van der Waals surface area contributed by atoms with Crippen LogP contribution in [0.25, 0.3) is 0 Å². The lowest BCUT2D eigenvalue weighted by molar-refractivity contribution is 0.291. The van der Waals surface area contributed by atoms with Crippen LogP contribution in [0.1, 0.15) is 12.8 Å². The summed E-state index contributed by atoms with van der Waals surface area (Å²) in [5.74, 6) is 0. The van der Waals surface area contributed by atoms with Crippen molar-refractivity contribution in [3.8, 4) is 0 Å². The lowest BCUT2D eigenvalue weighted by atomic mass is 10.2. The van der Waals surface area contributed by atoms with Gasteiger partial charge < -0.3 is 4.90 Å². The molecule has 4 nitrogen and oxygen atoms in total. The smallest absolute Gasteiger partial charge is 0.243 e. The average Bonchev–Trinajstić information content (AvgIpc) is 2.80. The van der Waals surface area contributed by atoms with Crippen molar-refractivity contribution < 1.29 is 8.42 Å². The number of halogens is 2. The van der Waals surface area contributed by atoms with E-state index in [1.165, 1.54) is 0 Å². The van der Waals surface area contributed by atoms with Crippen LogP contribution in [0, 0.1) is 0 Å². The molecule has 1 atom stereocenters. The van der Waals surface area contributed by atoms with Crippen LogP contribution >= 0.6 is 27.5 Å². The van der Waals surface area contributed by atoms with E-state index in [1.54, 1.807) is 22.5 Å². The second kappa shape index (κ2) is 6.32. The van der Waals surface area contributed by atoms with Crippen LogP contribution in [0.4, 0.5) is 0 Å². The van der Waals surface area contributed by atoms with Crippen molar-refractivity contribution in [2.75, 3.05) is 27.2 Å². The molecule has 1 aromatic carbocycles. The monoisotopic (exact) mass is 380 g/mol. The highest BCUT2D eigenvalue weighted by atomic mass is 79.9. The number of rotatable bonds is 4. The molecule has 0 bridgehead atoms. The summed E-state index contributed by atoms with van der Waals surface area (Å²) in [6.07, 6.45) is 1.82. The summed E-state index contributed by atoms with van der Waals surface area (Å²) in [5.41, 5.74) is 0. The Morgan fingerprint density at radius 1 is 1.45 bits per heavy atom. The molecule has 112 valence electrons. The van der Waals surface area contributed by atoms with E-state index in [-0.39, 0.29) is 6.04 Å². The normalized spacial score (nSPS) is 20.8. The summed E-state index contributed by atoms with van der Waals surface area (Å²) in [4.78, 5) is 2.32. The molecule has 0 aromatic heterocycles. The fraction of sp³-hybridized carbons (Fsp3) is 0.538. The second-order valence-electron chi connectivity index (χ2n) is 5.25. The molecule has 1 heterocycles. The van der Waals surface area contributed by atoms with Crippen molar-refractivity contribution in [1.29, 1.82) is 0 Å². The number of hydrogen-bond donors (Lipinski definition) is 0. The molecule has 1 aliphatic rings. The zero-order valence-corrected chi connectivity index (χ0v) is 14.7. The first-order valence-electron chi connectivity index (χ1n) is 6.44. The zero-order valence-electron chi connectivity index (χ0n) is 11.5. The molecule has 20 heavy (non-hydrogen) atoms. The van der Waals surface area contributed by atoms with Gasteiger partial charge in [0.2, 0.25) is 10.0 Å². The number of sulfonamides is 1. The van der Waals surface area contributed by atoms with Gasteiger partial charge in [0.1, 0.15) is 0 Å². The number of nitrogens with zero attached hydrogens (tertiary/aromatic N) is 2. The third kappa shape index (κ3) is 3.36. The number of hydrogen-bond acceptors (Lipinski definition) is 3. The van der Waals surface area contributed by atoms with Gasteiger partial charge in [-0.25, -0.2) is 8.42 Å². The van der Waals surface area contributed by atoms with Crippen molar-refractivity contribution in [3.05, 3.63) is 27.7 Å². The summed E-state index contributed by atoms with van der Waals surface area (Å²) in [7, 11) is 0.466. The SMILES string of the molecule is CN(C)CC1CCCN1S(=O)(=O)c1ccc(Cl)c(Br)c1. The third-order valence-electron chi connectivity index (χ3n) is 3.40. The first kappa shape index (κ1) is 16.2. The first-order chi connectivity index (χ1) is 9.32. The minimum atomic E-state index is -3.45. The number of benzene rings is 1. The predicted octanol–water partition coefficient (Wildman–Crippen LogP) is 2.82. The van der Waals surface area contributed by atoms with E-state index in [2.05, 4.69) is 15.9 Å². The van der Waals surface area contributed by atoms with Crippen molar-refractivity contribution in [3.63, 3.8) is 0 Å². The fourth-order valence-electron chi connectivity index (χ4n) is 2.50. The maximum Gasteiger partial charge on any atom is 0.243 e. The van der Waals surface area contributed by atoms with E-state index in [9.17, 15) is 8.42 Å². The molecule has 1 aliphatic heterocycles. The molecular weight excluding hydrogens is 364 g/mol. The van der Waals surface area contributed by atoms with Crippen molar-refractivity contribution in [2.24, 2.45) is 0 Å². The Morgan fingerprint density at radius 3 is 2.75 bits per heavy atom. The Hall–Kier alpha value is -0.140. The average molecular weight is 382 g/mol. The highest BCUT2D eigenvalue weighted by Gasteiger charge is 2.35. The largest absolute Gasteiger partial charge is 0.308 e. The highest BCUT2D eigenvalue weighted by molar-refractivity contribution is 9.10. The Balaban J connectivity index is 2.31. The minimum Gasteiger partial charge on any atom is -0.308 e. The molecule has 2 rings (SSSR count). The molecule has 0 amide bonds. The van der Waals surface area contributed by atoms with E-state index in [0.29, 0.717) is 20.9 Å². The molecular formula is C13H18BrClN2O2S. The van der Waals surface area contributed by atoms with Crippen LogP contribution in [0.15, 0.2) is 27.6 Å².